The van der Waals surface area contributed by atoms with Gasteiger partial charge >= 0.3 is 0 Å². The molecule has 0 radical (unpaired) electrons. The van der Waals surface area contributed by atoms with Crippen LogP contribution in [0.25, 0.3) is 0 Å². The van der Waals surface area contributed by atoms with E-state index in [9.17, 15) is 4.79 Å². The van der Waals surface area contributed by atoms with Gasteiger partial charge in [-0.25, -0.2) is 5.43 Å². The molecule has 0 heterocycles. The first-order valence-corrected chi connectivity index (χ1v) is 12.4. The van der Waals surface area contributed by atoms with Gasteiger partial charge in [0.2, 0.25) is 0 Å². The topological polar surface area (TPSA) is 50.7 Å². The van der Waals surface area contributed by atoms with E-state index in [2.05, 4.69) is 26.5 Å². The van der Waals surface area contributed by atoms with Crippen molar-refractivity contribution >= 4 is 51.3 Å². The van der Waals surface area contributed by atoms with Crippen molar-refractivity contribution in [2.75, 3.05) is 0 Å². The van der Waals surface area contributed by atoms with Crippen molar-refractivity contribution in [3.63, 3.8) is 0 Å². The van der Waals surface area contributed by atoms with E-state index in [0.29, 0.717) is 22.4 Å². The molecule has 0 bridgehead atoms. The quantitative estimate of drug-likeness (QED) is 0.176. The van der Waals surface area contributed by atoms with Crippen molar-refractivity contribution < 1.29 is 9.53 Å². The number of amides is 1. The Kier molecular flexibility index (Phi) is 8.59. The molecule has 0 saturated heterocycles. The highest BCUT2D eigenvalue weighted by atomic mass is 79.9. The maximum Gasteiger partial charge on any atom is 0.252 e. The largest absolute Gasteiger partial charge is 0.488 e. The SMILES string of the molecule is O=C(N/N=C/c1ccc(OCc2ccc(Cl)cc2Cl)c(Br)c1)C(c1ccccc1)c1ccccc1. The molecule has 0 aliphatic rings. The number of ether oxygens (including phenoxy) is 1. The van der Waals surface area contributed by atoms with Crippen LogP contribution >= 0.6 is 39.1 Å². The van der Waals surface area contributed by atoms with E-state index in [-0.39, 0.29) is 5.91 Å². The normalized spacial score (nSPS) is 11.1. The maximum atomic E-state index is 13.1. The van der Waals surface area contributed by atoms with Gasteiger partial charge in [0, 0.05) is 15.6 Å². The van der Waals surface area contributed by atoms with Gasteiger partial charge in [0.25, 0.3) is 5.91 Å². The van der Waals surface area contributed by atoms with E-state index in [1.165, 1.54) is 0 Å². The highest BCUT2D eigenvalue weighted by molar-refractivity contribution is 9.10. The molecule has 0 saturated carbocycles. The highest BCUT2D eigenvalue weighted by Crippen LogP contribution is 2.28. The molecule has 35 heavy (non-hydrogen) atoms. The summed E-state index contributed by atoms with van der Waals surface area (Å²) in [6.07, 6.45) is 1.59. The van der Waals surface area contributed by atoms with E-state index >= 15 is 0 Å². The molecule has 0 spiro atoms. The van der Waals surface area contributed by atoms with Crippen molar-refractivity contribution in [3.05, 3.63) is 134 Å². The molecule has 0 unspecified atom stereocenters. The zero-order chi connectivity index (χ0) is 24.6. The average molecular weight is 568 g/mol. The molecule has 0 aliphatic carbocycles. The fourth-order valence-corrected chi connectivity index (χ4v) is 4.50. The molecule has 0 atom stereocenters. The molecule has 1 amide bonds. The summed E-state index contributed by atoms with van der Waals surface area (Å²) in [5.74, 6) is -0.0142. The molecule has 4 aromatic carbocycles. The van der Waals surface area contributed by atoms with Crippen molar-refractivity contribution in [3.8, 4) is 5.75 Å². The number of rotatable bonds is 8. The zero-order valence-corrected chi connectivity index (χ0v) is 21.6. The number of nitrogens with one attached hydrogen (secondary N) is 1. The van der Waals surface area contributed by atoms with Crippen LogP contribution in [0.3, 0.4) is 0 Å². The van der Waals surface area contributed by atoms with Gasteiger partial charge in [-0.2, -0.15) is 5.10 Å². The minimum Gasteiger partial charge on any atom is -0.488 e. The van der Waals surface area contributed by atoms with Crippen LogP contribution in [-0.4, -0.2) is 12.1 Å². The van der Waals surface area contributed by atoms with E-state index in [0.717, 1.165) is 26.7 Å². The Morgan fingerprint density at radius 2 is 1.57 bits per heavy atom. The molecule has 4 rings (SSSR count). The van der Waals surface area contributed by atoms with Gasteiger partial charge in [-0.3, -0.25) is 4.79 Å². The number of benzene rings is 4. The molecule has 176 valence electrons. The fourth-order valence-electron chi connectivity index (χ4n) is 3.53. The third-order valence-electron chi connectivity index (χ3n) is 5.27. The monoisotopic (exact) mass is 566 g/mol. The van der Waals surface area contributed by atoms with Gasteiger partial charge in [-0.15, -0.1) is 0 Å². The minimum absolute atomic E-state index is 0.211. The summed E-state index contributed by atoms with van der Waals surface area (Å²) in [5.41, 5.74) is 6.11. The Bertz CT molecular complexity index is 1290. The van der Waals surface area contributed by atoms with Crippen LogP contribution in [0.4, 0.5) is 0 Å². The van der Waals surface area contributed by atoms with Gasteiger partial charge in [-0.1, -0.05) is 89.9 Å². The standard InChI is InChI=1S/C28H21BrCl2N2O2/c29-24-15-19(11-14-26(24)35-18-22-12-13-23(30)16-25(22)31)17-32-33-28(34)27(20-7-3-1-4-8-20)21-9-5-2-6-10-21/h1-17,27H,18H2,(H,33,34)/b32-17+. The second kappa shape index (κ2) is 12.0. The number of hydrogen-bond donors (Lipinski definition) is 1. The lowest BCUT2D eigenvalue weighted by Crippen LogP contribution is -2.26. The summed E-state index contributed by atoms with van der Waals surface area (Å²) >= 11 is 15.7. The van der Waals surface area contributed by atoms with E-state index < -0.39 is 5.92 Å². The molecular weight excluding hydrogens is 547 g/mol. The predicted octanol–water partition coefficient (Wildman–Crippen LogP) is 7.62. The Morgan fingerprint density at radius 3 is 2.17 bits per heavy atom. The van der Waals surface area contributed by atoms with Crippen LogP contribution in [-0.2, 0) is 11.4 Å². The number of hydrazone groups is 1. The Balaban J connectivity index is 1.42. The summed E-state index contributed by atoms with van der Waals surface area (Å²) in [5, 5.41) is 5.31. The maximum absolute atomic E-state index is 13.1. The molecule has 7 heteroatoms. The van der Waals surface area contributed by atoms with Gasteiger partial charge in [0.15, 0.2) is 0 Å². The number of carbonyl (C=O) groups is 1. The van der Waals surface area contributed by atoms with Gasteiger partial charge in [-0.05, 0) is 63.0 Å². The molecule has 1 N–H and O–H groups in total. The predicted molar refractivity (Wildman–Crippen MR) is 145 cm³/mol. The first kappa shape index (κ1) is 25.0. The first-order valence-electron chi connectivity index (χ1n) is 10.8. The molecule has 4 aromatic rings. The average Bonchev–Trinajstić information content (AvgIpc) is 2.86. The number of carbonyl (C=O) groups excluding carboxylic acids is 1. The van der Waals surface area contributed by atoms with Crippen LogP contribution in [0.1, 0.15) is 28.2 Å². The molecular formula is C28H21BrCl2N2O2. The van der Waals surface area contributed by atoms with Crippen LogP contribution in [0.5, 0.6) is 5.75 Å². The molecule has 0 aromatic heterocycles. The summed E-state index contributed by atoms with van der Waals surface area (Å²) in [6.45, 7) is 0.304. The minimum atomic E-state index is -0.461. The van der Waals surface area contributed by atoms with Gasteiger partial charge in [0.1, 0.15) is 12.4 Å². The number of hydrogen-bond acceptors (Lipinski definition) is 3. The van der Waals surface area contributed by atoms with Crippen LogP contribution < -0.4 is 10.2 Å². The van der Waals surface area contributed by atoms with Gasteiger partial charge < -0.3 is 4.74 Å². The Labute approximate surface area is 222 Å². The van der Waals surface area contributed by atoms with Crippen molar-refractivity contribution in [1.29, 1.82) is 0 Å². The van der Waals surface area contributed by atoms with Crippen molar-refractivity contribution in [2.45, 2.75) is 12.5 Å². The molecule has 0 aliphatic heterocycles. The summed E-state index contributed by atoms with van der Waals surface area (Å²) in [4.78, 5) is 13.1. The Morgan fingerprint density at radius 1 is 0.914 bits per heavy atom. The van der Waals surface area contributed by atoms with Gasteiger partial charge in [0.05, 0.1) is 16.6 Å². The lowest BCUT2D eigenvalue weighted by molar-refractivity contribution is -0.121. The third-order valence-corrected chi connectivity index (χ3v) is 6.48. The van der Waals surface area contributed by atoms with Crippen LogP contribution in [0.15, 0.2) is 107 Å². The highest BCUT2D eigenvalue weighted by Gasteiger charge is 2.22. The number of nitrogens with zero attached hydrogens (tertiary/aromatic N) is 1. The molecule has 0 fully saturated rings. The van der Waals surface area contributed by atoms with Crippen molar-refractivity contribution in [2.24, 2.45) is 5.10 Å². The zero-order valence-electron chi connectivity index (χ0n) is 18.5. The first-order chi connectivity index (χ1) is 17.0. The summed E-state index contributed by atoms with van der Waals surface area (Å²) < 4.78 is 6.64. The summed E-state index contributed by atoms with van der Waals surface area (Å²) in [7, 11) is 0. The van der Waals surface area contributed by atoms with Crippen LogP contribution in [0, 0.1) is 0 Å². The lowest BCUT2D eigenvalue weighted by atomic mass is 9.91. The summed E-state index contributed by atoms with van der Waals surface area (Å²) in [6, 6.07) is 30.1. The van der Waals surface area contributed by atoms with E-state index in [1.54, 1.807) is 18.3 Å². The Hall–Kier alpha value is -3.12. The second-order valence-corrected chi connectivity index (χ2v) is 9.40. The van der Waals surface area contributed by atoms with E-state index in [4.69, 9.17) is 27.9 Å². The van der Waals surface area contributed by atoms with Crippen LogP contribution in [0.2, 0.25) is 10.0 Å². The smallest absolute Gasteiger partial charge is 0.252 e. The third kappa shape index (κ3) is 6.73. The fraction of sp³-hybridized carbons (Fsp3) is 0.0714. The second-order valence-electron chi connectivity index (χ2n) is 7.70. The van der Waals surface area contributed by atoms with Crippen molar-refractivity contribution in [1.82, 2.24) is 5.43 Å². The van der Waals surface area contributed by atoms with E-state index in [1.807, 2.05) is 84.9 Å². The number of halogens is 3. The molecule has 4 nitrogen and oxygen atoms in total. The lowest BCUT2D eigenvalue weighted by Gasteiger charge is -2.16.